The van der Waals surface area contributed by atoms with Gasteiger partial charge in [0.05, 0.1) is 5.69 Å². The fraction of sp³-hybridized carbons (Fsp3) is 0.667. The van der Waals surface area contributed by atoms with Gasteiger partial charge in [-0.15, -0.1) is 11.3 Å². The number of aliphatic hydroxyl groups excluding tert-OH is 1. The molecule has 0 spiro atoms. The van der Waals surface area contributed by atoms with E-state index in [4.69, 9.17) is 0 Å². The lowest BCUT2D eigenvalue weighted by Gasteiger charge is -2.23. The van der Waals surface area contributed by atoms with Crippen LogP contribution < -0.4 is 0 Å². The van der Waals surface area contributed by atoms with Crippen LogP contribution in [0.15, 0.2) is 5.38 Å². The van der Waals surface area contributed by atoms with Gasteiger partial charge in [0.2, 0.25) is 0 Å². The minimum atomic E-state index is -0.399. The van der Waals surface area contributed by atoms with E-state index in [1.165, 1.54) is 25.0 Å². The van der Waals surface area contributed by atoms with Crippen LogP contribution in [-0.4, -0.2) is 10.1 Å². The number of aliphatic hydroxyl groups is 1. The molecular formula is C9H13NOS. The predicted molar refractivity (Wildman–Crippen MR) is 49.3 cm³/mol. The van der Waals surface area contributed by atoms with Crippen molar-refractivity contribution in [3.05, 3.63) is 16.1 Å². The van der Waals surface area contributed by atoms with Crippen molar-refractivity contribution in [2.24, 2.45) is 0 Å². The summed E-state index contributed by atoms with van der Waals surface area (Å²) < 4.78 is 0. The summed E-state index contributed by atoms with van der Waals surface area (Å²) >= 11 is 1.57. The highest BCUT2D eigenvalue weighted by atomic mass is 32.1. The molecule has 66 valence electrons. The highest BCUT2D eigenvalue weighted by Gasteiger charge is 2.22. The molecule has 1 fully saturated rings. The van der Waals surface area contributed by atoms with Gasteiger partial charge in [-0.1, -0.05) is 6.42 Å². The lowest BCUT2D eigenvalue weighted by Crippen LogP contribution is -2.09. The summed E-state index contributed by atoms with van der Waals surface area (Å²) in [5.74, 6) is 0.689. The second-order valence-electron chi connectivity index (χ2n) is 3.41. The number of nitrogens with zero attached hydrogens (tertiary/aromatic N) is 1. The predicted octanol–water partition coefficient (Wildman–Crippen LogP) is 2.46. The smallest absolute Gasteiger partial charge is 0.121 e. The van der Waals surface area contributed by atoms with Crippen LogP contribution in [0.25, 0.3) is 0 Å². The SMILES string of the molecule is CC(O)c1nc(C2CCC2)cs1. The van der Waals surface area contributed by atoms with Gasteiger partial charge in [0.25, 0.3) is 0 Å². The second-order valence-corrected chi connectivity index (χ2v) is 4.30. The van der Waals surface area contributed by atoms with Crippen molar-refractivity contribution in [2.45, 2.75) is 38.2 Å². The highest BCUT2D eigenvalue weighted by molar-refractivity contribution is 7.09. The van der Waals surface area contributed by atoms with E-state index in [0.29, 0.717) is 5.92 Å². The molecule has 0 amide bonds. The van der Waals surface area contributed by atoms with Crippen molar-refractivity contribution in [3.8, 4) is 0 Å². The molecular weight excluding hydrogens is 170 g/mol. The van der Waals surface area contributed by atoms with Gasteiger partial charge in [0.1, 0.15) is 11.1 Å². The monoisotopic (exact) mass is 183 g/mol. The lowest BCUT2D eigenvalue weighted by molar-refractivity contribution is 0.198. The van der Waals surface area contributed by atoms with Gasteiger partial charge in [-0.3, -0.25) is 0 Å². The molecule has 1 aliphatic carbocycles. The minimum absolute atomic E-state index is 0.399. The average Bonchev–Trinajstić information content (AvgIpc) is 2.32. The molecule has 1 aromatic rings. The van der Waals surface area contributed by atoms with E-state index >= 15 is 0 Å². The first-order valence-corrected chi connectivity index (χ1v) is 5.28. The Morgan fingerprint density at radius 2 is 2.42 bits per heavy atom. The molecule has 0 aromatic carbocycles. The van der Waals surface area contributed by atoms with Gasteiger partial charge < -0.3 is 5.11 Å². The summed E-state index contributed by atoms with van der Waals surface area (Å²) in [7, 11) is 0. The summed E-state index contributed by atoms with van der Waals surface area (Å²) in [6.45, 7) is 1.77. The first kappa shape index (κ1) is 8.20. The van der Waals surface area contributed by atoms with Crippen molar-refractivity contribution in [1.82, 2.24) is 4.98 Å². The van der Waals surface area contributed by atoms with Crippen molar-refractivity contribution < 1.29 is 5.11 Å². The van der Waals surface area contributed by atoms with Crippen LogP contribution in [-0.2, 0) is 0 Å². The molecule has 1 atom stereocenters. The van der Waals surface area contributed by atoms with Gasteiger partial charge in [0, 0.05) is 11.3 Å². The Hall–Kier alpha value is -0.410. The summed E-state index contributed by atoms with van der Waals surface area (Å²) in [6.07, 6.45) is 3.50. The molecule has 0 radical (unpaired) electrons. The zero-order valence-electron chi connectivity index (χ0n) is 7.16. The van der Waals surface area contributed by atoms with E-state index in [-0.39, 0.29) is 0 Å². The van der Waals surface area contributed by atoms with E-state index in [0.717, 1.165) is 5.01 Å². The summed E-state index contributed by atoms with van der Waals surface area (Å²) in [5.41, 5.74) is 1.20. The van der Waals surface area contributed by atoms with Crippen molar-refractivity contribution in [3.63, 3.8) is 0 Å². The van der Waals surface area contributed by atoms with E-state index < -0.39 is 6.10 Å². The van der Waals surface area contributed by atoms with Gasteiger partial charge >= 0.3 is 0 Å². The Labute approximate surface area is 76.3 Å². The van der Waals surface area contributed by atoms with Crippen molar-refractivity contribution in [1.29, 1.82) is 0 Å². The molecule has 0 aliphatic heterocycles. The van der Waals surface area contributed by atoms with Gasteiger partial charge in [-0.05, 0) is 19.8 Å². The third-order valence-corrected chi connectivity index (χ3v) is 3.45. The molecule has 1 heterocycles. The molecule has 1 unspecified atom stereocenters. The van der Waals surface area contributed by atoms with Crippen molar-refractivity contribution >= 4 is 11.3 Å². The average molecular weight is 183 g/mol. The maximum absolute atomic E-state index is 9.26. The normalized spacial score (nSPS) is 20.5. The molecule has 2 nitrogen and oxygen atoms in total. The molecule has 3 heteroatoms. The van der Waals surface area contributed by atoms with Crippen LogP contribution in [0.4, 0.5) is 0 Å². The molecule has 0 saturated heterocycles. The summed E-state index contributed by atoms with van der Waals surface area (Å²) in [5, 5.41) is 12.2. The number of aromatic nitrogens is 1. The molecule has 0 bridgehead atoms. The first-order chi connectivity index (χ1) is 5.77. The number of rotatable bonds is 2. The fourth-order valence-electron chi connectivity index (χ4n) is 1.38. The fourth-order valence-corrected chi connectivity index (χ4v) is 2.23. The lowest BCUT2D eigenvalue weighted by atomic mass is 9.83. The van der Waals surface area contributed by atoms with Crippen LogP contribution in [0.1, 0.15) is 48.9 Å². The molecule has 2 rings (SSSR count). The maximum Gasteiger partial charge on any atom is 0.121 e. The van der Waals surface area contributed by atoms with Gasteiger partial charge in [0.15, 0.2) is 0 Å². The van der Waals surface area contributed by atoms with E-state index in [9.17, 15) is 5.11 Å². The zero-order valence-corrected chi connectivity index (χ0v) is 7.97. The third-order valence-electron chi connectivity index (χ3n) is 2.42. The van der Waals surface area contributed by atoms with Crippen LogP contribution in [0.3, 0.4) is 0 Å². The molecule has 1 aliphatic rings. The van der Waals surface area contributed by atoms with Crippen molar-refractivity contribution in [2.75, 3.05) is 0 Å². The largest absolute Gasteiger partial charge is 0.386 e. The Balaban J connectivity index is 2.12. The molecule has 1 N–H and O–H groups in total. The maximum atomic E-state index is 9.26. The quantitative estimate of drug-likeness (QED) is 0.764. The van der Waals surface area contributed by atoms with E-state index in [1.807, 2.05) is 0 Å². The summed E-state index contributed by atoms with van der Waals surface area (Å²) in [4.78, 5) is 4.40. The number of hydrogen-bond donors (Lipinski definition) is 1. The topological polar surface area (TPSA) is 33.1 Å². The highest BCUT2D eigenvalue weighted by Crippen LogP contribution is 2.37. The Kier molecular flexibility index (Phi) is 2.15. The molecule has 1 saturated carbocycles. The minimum Gasteiger partial charge on any atom is -0.386 e. The number of hydrogen-bond acceptors (Lipinski definition) is 3. The summed E-state index contributed by atoms with van der Waals surface area (Å²) in [6, 6.07) is 0. The molecule has 12 heavy (non-hydrogen) atoms. The van der Waals surface area contributed by atoms with Crippen LogP contribution in [0, 0.1) is 0 Å². The Morgan fingerprint density at radius 1 is 1.67 bits per heavy atom. The zero-order chi connectivity index (χ0) is 8.55. The Morgan fingerprint density at radius 3 is 2.83 bits per heavy atom. The number of thiazole rings is 1. The molecule has 1 aromatic heterocycles. The van der Waals surface area contributed by atoms with Crippen LogP contribution >= 0.6 is 11.3 Å². The van der Waals surface area contributed by atoms with Crippen LogP contribution in [0.5, 0.6) is 0 Å². The van der Waals surface area contributed by atoms with E-state index in [2.05, 4.69) is 10.4 Å². The van der Waals surface area contributed by atoms with Crippen LogP contribution in [0.2, 0.25) is 0 Å². The van der Waals surface area contributed by atoms with Gasteiger partial charge in [-0.25, -0.2) is 4.98 Å². The Bertz CT molecular complexity index is 265. The standard InChI is InChI=1S/C9H13NOS/c1-6(11)9-10-8(5-12-9)7-3-2-4-7/h5-7,11H,2-4H2,1H3. The third kappa shape index (κ3) is 1.39. The van der Waals surface area contributed by atoms with E-state index in [1.54, 1.807) is 18.3 Å². The van der Waals surface area contributed by atoms with Gasteiger partial charge in [-0.2, -0.15) is 0 Å². The second kappa shape index (κ2) is 3.15. The first-order valence-electron chi connectivity index (χ1n) is 4.41.